The van der Waals surface area contributed by atoms with Crippen LogP contribution in [0.4, 0.5) is 4.39 Å². The molecule has 2 nitrogen and oxygen atoms in total. The number of benzene rings is 1. The molecule has 0 spiro atoms. The molecule has 0 radical (unpaired) electrons. The van der Waals surface area contributed by atoms with Crippen molar-refractivity contribution in [2.45, 2.75) is 42.4 Å². The molecule has 1 saturated carbocycles. The Morgan fingerprint density at radius 2 is 2.00 bits per heavy atom. The third kappa shape index (κ3) is 2.61. The summed E-state index contributed by atoms with van der Waals surface area (Å²) in [4.78, 5) is 12.1. The molecule has 0 bridgehead atoms. The quantitative estimate of drug-likeness (QED) is 0.836. The number of thioether (sulfide) groups is 1. The number of carbonyl (C=O) groups is 1. The summed E-state index contributed by atoms with van der Waals surface area (Å²) in [7, 11) is 0. The lowest BCUT2D eigenvalue weighted by Crippen LogP contribution is -2.38. The summed E-state index contributed by atoms with van der Waals surface area (Å²) in [5.74, 6) is -1.30. The lowest BCUT2D eigenvalue weighted by molar-refractivity contribution is -0.145. The summed E-state index contributed by atoms with van der Waals surface area (Å²) < 4.78 is 14.0. The maximum absolute atomic E-state index is 14.0. The molecule has 1 aliphatic rings. The van der Waals surface area contributed by atoms with Gasteiger partial charge in [-0.1, -0.05) is 30.9 Å². The Bertz CT molecular complexity index is 475. The standard InChI is InChI=1S/C14H16ClFO2S/c1-19-12-10(15)7-9(8-11(12)16)14(13(17)18)5-3-2-4-6-14/h7-8H,2-6H2,1H3,(H,17,18). The zero-order chi connectivity index (χ0) is 14.0. The van der Waals surface area contributed by atoms with E-state index in [1.54, 1.807) is 12.3 Å². The molecule has 104 valence electrons. The monoisotopic (exact) mass is 302 g/mol. The van der Waals surface area contributed by atoms with Crippen LogP contribution in [0.15, 0.2) is 17.0 Å². The van der Waals surface area contributed by atoms with Gasteiger partial charge in [-0.3, -0.25) is 4.79 Å². The molecule has 0 amide bonds. The normalized spacial score (nSPS) is 18.3. The number of carboxylic acid groups (broad SMARTS) is 1. The first kappa shape index (κ1) is 14.7. The summed E-state index contributed by atoms with van der Waals surface area (Å²) in [6.07, 6.45) is 5.60. The highest BCUT2D eigenvalue weighted by atomic mass is 35.5. The average Bonchev–Trinajstić information content (AvgIpc) is 2.39. The summed E-state index contributed by atoms with van der Waals surface area (Å²) in [5, 5.41) is 9.88. The van der Waals surface area contributed by atoms with Crippen LogP contribution in [0.25, 0.3) is 0 Å². The number of rotatable bonds is 3. The Hall–Kier alpha value is -0.740. The molecule has 0 aliphatic heterocycles. The van der Waals surface area contributed by atoms with Gasteiger partial charge < -0.3 is 5.11 Å². The fraction of sp³-hybridized carbons (Fsp3) is 0.500. The highest BCUT2D eigenvalue weighted by Gasteiger charge is 2.41. The molecule has 0 heterocycles. The number of aliphatic carboxylic acids is 1. The summed E-state index contributed by atoms with van der Waals surface area (Å²) in [6, 6.07) is 2.97. The van der Waals surface area contributed by atoms with E-state index >= 15 is 0 Å². The Kier molecular flexibility index (Phi) is 4.41. The molecule has 1 fully saturated rings. The largest absolute Gasteiger partial charge is 0.481 e. The van der Waals surface area contributed by atoms with Gasteiger partial charge in [0.15, 0.2) is 0 Å². The minimum atomic E-state index is -0.973. The van der Waals surface area contributed by atoms with Crippen LogP contribution in [-0.2, 0) is 10.2 Å². The number of hydrogen-bond donors (Lipinski definition) is 1. The van der Waals surface area contributed by atoms with E-state index in [1.165, 1.54) is 17.8 Å². The van der Waals surface area contributed by atoms with Crippen LogP contribution in [0.1, 0.15) is 37.7 Å². The van der Waals surface area contributed by atoms with E-state index in [9.17, 15) is 14.3 Å². The van der Waals surface area contributed by atoms with Gasteiger partial charge in [0.1, 0.15) is 5.82 Å². The fourth-order valence-electron chi connectivity index (χ4n) is 2.81. The van der Waals surface area contributed by atoms with E-state index < -0.39 is 17.2 Å². The van der Waals surface area contributed by atoms with Crippen molar-refractivity contribution in [3.8, 4) is 0 Å². The van der Waals surface area contributed by atoms with E-state index in [0.29, 0.717) is 28.3 Å². The maximum Gasteiger partial charge on any atom is 0.314 e. The Labute approximate surface area is 121 Å². The topological polar surface area (TPSA) is 37.3 Å². The van der Waals surface area contributed by atoms with Crippen molar-refractivity contribution >= 4 is 29.3 Å². The third-order valence-corrected chi connectivity index (χ3v) is 5.10. The highest BCUT2D eigenvalue weighted by molar-refractivity contribution is 7.98. The lowest BCUT2D eigenvalue weighted by Gasteiger charge is -2.34. The van der Waals surface area contributed by atoms with Crippen molar-refractivity contribution < 1.29 is 14.3 Å². The SMILES string of the molecule is CSc1c(F)cc(C2(C(=O)O)CCCCC2)cc1Cl. The van der Waals surface area contributed by atoms with Crippen molar-refractivity contribution in [2.24, 2.45) is 0 Å². The molecule has 0 atom stereocenters. The molecule has 2 rings (SSSR count). The van der Waals surface area contributed by atoms with Gasteiger partial charge in [0, 0.05) is 0 Å². The molecule has 19 heavy (non-hydrogen) atoms. The van der Waals surface area contributed by atoms with E-state index in [2.05, 4.69) is 0 Å². The molecule has 1 aromatic rings. The molecule has 0 aromatic heterocycles. The second kappa shape index (κ2) is 5.71. The molecule has 0 saturated heterocycles. The van der Waals surface area contributed by atoms with Crippen molar-refractivity contribution in [3.63, 3.8) is 0 Å². The van der Waals surface area contributed by atoms with Crippen molar-refractivity contribution in [3.05, 3.63) is 28.5 Å². The molecule has 1 N–H and O–H groups in total. The van der Waals surface area contributed by atoms with E-state index in [1.807, 2.05) is 0 Å². The summed E-state index contributed by atoms with van der Waals surface area (Å²) in [6.45, 7) is 0. The molecular formula is C14H16ClFO2S. The minimum Gasteiger partial charge on any atom is -0.481 e. The van der Waals surface area contributed by atoms with Gasteiger partial charge in [0.25, 0.3) is 0 Å². The van der Waals surface area contributed by atoms with Gasteiger partial charge in [0.2, 0.25) is 0 Å². The van der Waals surface area contributed by atoms with Crippen LogP contribution in [0.3, 0.4) is 0 Å². The summed E-state index contributed by atoms with van der Waals surface area (Å²) in [5.41, 5.74) is -0.473. The van der Waals surface area contributed by atoms with Crippen LogP contribution < -0.4 is 0 Å². The molecule has 1 aromatic carbocycles. The van der Waals surface area contributed by atoms with Gasteiger partial charge >= 0.3 is 5.97 Å². The number of carboxylic acids is 1. The van der Waals surface area contributed by atoms with Crippen LogP contribution >= 0.6 is 23.4 Å². The van der Waals surface area contributed by atoms with E-state index in [-0.39, 0.29) is 0 Å². The third-order valence-electron chi connectivity index (χ3n) is 3.87. The molecule has 5 heteroatoms. The number of halogens is 2. The zero-order valence-corrected chi connectivity index (χ0v) is 12.3. The minimum absolute atomic E-state index is 0.300. The van der Waals surface area contributed by atoms with Crippen LogP contribution in [0, 0.1) is 5.82 Å². The fourth-order valence-corrected chi connectivity index (χ4v) is 3.76. The van der Waals surface area contributed by atoms with E-state index in [4.69, 9.17) is 11.6 Å². The first-order valence-corrected chi connectivity index (χ1v) is 7.88. The Morgan fingerprint density at radius 3 is 2.47 bits per heavy atom. The predicted molar refractivity (Wildman–Crippen MR) is 75.6 cm³/mol. The van der Waals surface area contributed by atoms with Crippen molar-refractivity contribution in [1.82, 2.24) is 0 Å². The first-order chi connectivity index (χ1) is 9.01. The smallest absolute Gasteiger partial charge is 0.314 e. The molecule has 0 unspecified atom stereocenters. The maximum atomic E-state index is 14.0. The van der Waals surface area contributed by atoms with Gasteiger partial charge in [-0.05, 0) is 36.8 Å². The van der Waals surface area contributed by atoms with Crippen molar-refractivity contribution in [2.75, 3.05) is 6.26 Å². The Morgan fingerprint density at radius 1 is 1.37 bits per heavy atom. The average molecular weight is 303 g/mol. The lowest BCUT2D eigenvalue weighted by atomic mass is 9.69. The zero-order valence-electron chi connectivity index (χ0n) is 10.7. The van der Waals surface area contributed by atoms with Crippen molar-refractivity contribution in [1.29, 1.82) is 0 Å². The number of hydrogen-bond acceptors (Lipinski definition) is 2. The predicted octanol–water partition coefficient (Wildman–Crippen LogP) is 4.49. The Balaban J connectivity index is 2.51. The van der Waals surface area contributed by atoms with E-state index in [0.717, 1.165) is 19.3 Å². The van der Waals surface area contributed by atoms with Gasteiger partial charge in [-0.15, -0.1) is 11.8 Å². The second-order valence-corrected chi connectivity index (χ2v) is 6.14. The van der Waals surface area contributed by atoms with Crippen LogP contribution in [0.5, 0.6) is 0 Å². The summed E-state index contributed by atoms with van der Waals surface area (Å²) >= 11 is 7.30. The molecule has 1 aliphatic carbocycles. The first-order valence-electron chi connectivity index (χ1n) is 6.28. The van der Waals surface area contributed by atoms with Gasteiger partial charge in [-0.2, -0.15) is 0 Å². The van der Waals surface area contributed by atoms with Gasteiger partial charge in [0.05, 0.1) is 15.3 Å². The van der Waals surface area contributed by atoms with Crippen LogP contribution in [-0.4, -0.2) is 17.3 Å². The second-order valence-electron chi connectivity index (χ2n) is 4.92. The van der Waals surface area contributed by atoms with Crippen LogP contribution in [0.2, 0.25) is 5.02 Å². The highest BCUT2D eigenvalue weighted by Crippen LogP contribution is 2.42. The van der Waals surface area contributed by atoms with Gasteiger partial charge in [-0.25, -0.2) is 4.39 Å². The molecular weight excluding hydrogens is 287 g/mol.